The van der Waals surface area contributed by atoms with Crippen molar-refractivity contribution in [3.63, 3.8) is 0 Å². The van der Waals surface area contributed by atoms with Gasteiger partial charge in [0.05, 0.1) is 0 Å². The van der Waals surface area contributed by atoms with Gasteiger partial charge in [-0.05, 0) is 12.2 Å². The van der Waals surface area contributed by atoms with Crippen LogP contribution in [0, 0.1) is 0 Å². The van der Waals surface area contributed by atoms with Crippen molar-refractivity contribution >= 4 is 11.6 Å². The number of hydrogen-bond acceptors (Lipinski definition) is 4. The highest BCUT2D eigenvalue weighted by molar-refractivity contribution is 6.43. The summed E-state index contributed by atoms with van der Waals surface area (Å²) in [5, 5.41) is 1.74. The van der Waals surface area contributed by atoms with Crippen LogP contribution in [-0.4, -0.2) is 23.2 Å². The summed E-state index contributed by atoms with van der Waals surface area (Å²) in [6.45, 7) is 0.731. The molecule has 0 fully saturated rings. The largest absolute Gasteiger partial charge is 0.364 e. The van der Waals surface area contributed by atoms with Gasteiger partial charge in [-0.25, -0.2) is 10.4 Å². The van der Waals surface area contributed by atoms with E-state index in [9.17, 15) is 4.79 Å². The Morgan fingerprint density at radius 3 is 3.33 bits per heavy atom. The highest BCUT2D eigenvalue weighted by atomic mass is 16.1. The summed E-state index contributed by atoms with van der Waals surface area (Å²) in [4.78, 5) is 14.7. The molecule has 0 aromatic carbocycles. The summed E-state index contributed by atoms with van der Waals surface area (Å²) in [5.74, 6) is 0.227. The quantitative estimate of drug-likeness (QED) is 0.527. The topological polar surface area (TPSA) is 70.7 Å². The molecule has 2 heterocycles. The Hall–Kier alpha value is -1.62. The van der Waals surface area contributed by atoms with Crippen LogP contribution < -0.4 is 11.2 Å². The molecule has 0 aromatic rings. The summed E-state index contributed by atoms with van der Waals surface area (Å²) in [6, 6.07) is 0. The van der Waals surface area contributed by atoms with Gasteiger partial charge >= 0.3 is 0 Å². The maximum atomic E-state index is 10.7. The second-order valence-corrected chi connectivity index (χ2v) is 2.47. The minimum atomic E-state index is -0.501. The normalized spacial score (nSPS) is 20.2. The number of hydrazine groups is 1. The van der Waals surface area contributed by atoms with Crippen molar-refractivity contribution in [2.75, 3.05) is 6.54 Å². The lowest BCUT2D eigenvalue weighted by Gasteiger charge is -2.17. The van der Waals surface area contributed by atoms with E-state index in [0.29, 0.717) is 5.71 Å². The molecule has 0 unspecified atom stereocenters. The number of nitrogens with zero attached hydrogens (tertiary/aromatic N) is 2. The number of nitrogens with two attached hydrogens (primary N) is 1. The fourth-order valence-electron chi connectivity index (χ4n) is 1.09. The second kappa shape index (κ2) is 2.46. The van der Waals surface area contributed by atoms with Gasteiger partial charge in [-0.3, -0.25) is 9.80 Å². The summed E-state index contributed by atoms with van der Waals surface area (Å²) in [5.41, 5.74) is 8.37. The molecule has 2 aliphatic rings. The number of carbonyl (C=O) groups excluding carboxylic acids is 1. The highest BCUT2D eigenvalue weighted by Gasteiger charge is 2.17. The van der Waals surface area contributed by atoms with E-state index in [2.05, 4.69) is 10.4 Å². The predicted octanol–water partition coefficient (Wildman–Crippen LogP) is -0.898. The van der Waals surface area contributed by atoms with Crippen LogP contribution in [0.5, 0.6) is 0 Å². The van der Waals surface area contributed by atoms with Crippen LogP contribution in [0.15, 0.2) is 29.2 Å². The van der Waals surface area contributed by atoms with Crippen molar-refractivity contribution in [1.29, 1.82) is 0 Å². The van der Waals surface area contributed by atoms with E-state index < -0.39 is 5.91 Å². The molecular formula is C7H8N4O. The number of rotatable bonds is 1. The zero-order chi connectivity index (χ0) is 8.55. The lowest BCUT2D eigenvalue weighted by atomic mass is 10.3. The number of fused-ring (bicyclic) bond motifs is 1. The third-order valence-electron chi connectivity index (χ3n) is 1.66. The molecule has 5 heteroatoms. The van der Waals surface area contributed by atoms with Crippen LogP contribution in [0.1, 0.15) is 0 Å². The van der Waals surface area contributed by atoms with Crippen molar-refractivity contribution < 1.29 is 4.79 Å². The lowest BCUT2D eigenvalue weighted by molar-refractivity contribution is -0.111. The van der Waals surface area contributed by atoms with Crippen LogP contribution >= 0.6 is 0 Å². The predicted molar refractivity (Wildman–Crippen MR) is 43.7 cm³/mol. The molecule has 0 saturated heterocycles. The van der Waals surface area contributed by atoms with Crippen LogP contribution in [0.3, 0.4) is 0 Å². The molecule has 2 aliphatic heterocycles. The summed E-state index contributed by atoms with van der Waals surface area (Å²) in [7, 11) is 0. The number of hydrogen-bond donors (Lipinski definition) is 2. The van der Waals surface area contributed by atoms with Gasteiger partial charge in [0.1, 0.15) is 11.5 Å². The van der Waals surface area contributed by atoms with Gasteiger partial charge in [0.15, 0.2) is 0 Å². The first-order chi connectivity index (χ1) is 5.77. The number of amides is 1. The van der Waals surface area contributed by atoms with Crippen LogP contribution in [0.2, 0.25) is 0 Å². The van der Waals surface area contributed by atoms with E-state index in [1.165, 1.54) is 0 Å². The van der Waals surface area contributed by atoms with E-state index in [1.807, 2.05) is 6.08 Å². The minimum Gasteiger partial charge on any atom is -0.364 e. The standard InChI is InChI=1S/C7H8N4O/c8-7(12)5-2-4-11-6(10-5)1-3-9-11/h1-2,4,9H,3H2,(H2,8,12). The van der Waals surface area contributed by atoms with Gasteiger partial charge < -0.3 is 5.73 Å². The molecule has 5 nitrogen and oxygen atoms in total. The van der Waals surface area contributed by atoms with E-state index in [-0.39, 0.29) is 0 Å². The van der Waals surface area contributed by atoms with Crippen LogP contribution in [-0.2, 0) is 4.79 Å². The number of carbonyl (C=O) groups is 1. The van der Waals surface area contributed by atoms with Gasteiger partial charge in [0.2, 0.25) is 0 Å². The van der Waals surface area contributed by atoms with Gasteiger partial charge in [-0.2, -0.15) is 0 Å². The summed E-state index contributed by atoms with van der Waals surface area (Å²) in [6.07, 6.45) is 5.19. The Labute approximate surface area is 69.2 Å². The van der Waals surface area contributed by atoms with Crippen LogP contribution in [0.4, 0.5) is 0 Å². The molecule has 0 bridgehead atoms. The smallest absolute Gasteiger partial charge is 0.267 e. The monoisotopic (exact) mass is 164 g/mol. The van der Waals surface area contributed by atoms with Crippen molar-refractivity contribution in [2.45, 2.75) is 0 Å². The lowest BCUT2D eigenvalue weighted by Crippen LogP contribution is -2.31. The van der Waals surface area contributed by atoms with E-state index in [4.69, 9.17) is 5.73 Å². The molecule has 12 heavy (non-hydrogen) atoms. The minimum absolute atomic E-state index is 0.293. The zero-order valence-corrected chi connectivity index (χ0v) is 6.32. The first-order valence-electron chi connectivity index (χ1n) is 3.57. The molecule has 0 radical (unpaired) electrons. The molecule has 0 spiro atoms. The van der Waals surface area contributed by atoms with E-state index in [1.54, 1.807) is 17.3 Å². The van der Waals surface area contributed by atoms with Crippen molar-refractivity contribution in [2.24, 2.45) is 10.7 Å². The Kier molecular flexibility index (Phi) is 1.44. The third kappa shape index (κ3) is 0.998. The van der Waals surface area contributed by atoms with Gasteiger partial charge in [0.25, 0.3) is 5.91 Å². The average molecular weight is 164 g/mol. The second-order valence-electron chi connectivity index (χ2n) is 2.47. The Bertz CT molecular complexity index is 315. The number of primary amides is 1. The zero-order valence-electron chi connectivity index (χ0n) is 6.32. The summed E-state index contributed by atoms with van der Waals surface area (Å²) < 4.78 is 0. The van der Waals surface area contributed by atoms with Crippen molar-refractivity contribution in [3.8, 4) is 0 Å². The first-order valence-corrected chi connectivity index (χ1v) is 3.57. The first kappa shape index (κ1) is 7.05. The summed E-state index contributed by atoms with van der Waals surface area (Å²) >= 11 is 0. The Morgan fingerprint density at radius 1 is 1.75 bits per heavy atom. The molecule has 2 rings (SSSR count). The van der Waals surface area contributed by atoms with Gasteiger partial charge in [-0.15, -0.1) is 0 Å². The average Bonchev–Trinajstić information content (AvgIpc) is 2.49. The Morgan fingerprint density at radius 2 is 2.58 bits per heavy atom. The molecule has 3 N–H and O–H groups in total. The van der Waals surface area contributed by atoms with E-state index in [0.717, 1.165) is 12.4 Å². The van der Waals surface area contributed by atoms with Gasteiger partial charge in [-0.1, -0.05) is 0 Å². The number of nitrogens with one attached hydrogen (secondary N) is 1. The molecule has 0 atom stereocenters. The molecule has 62 valence electrons. The van der Waals surface area contributed by atoms with E-state index >= 15 is 0 Å². The van der Waals surface area contributed by atoms with Crippen molar-refractivity contribution in [3.05, 3.63) is 24.2 Å². The fraction of sp³-hybridized carbons (Fsp3) is 0.143. The molecule has 0 aromatic heterocycles. The Balaban J connectivity index is 2.31. The van der Waals surface area contributed by atoms with Gasteiger partial charge in [0, 0.05) is 12.7 Å². The molecule has 0 aliphatic carbocycles. The molecule has 1 amide bonds. The number of aliphatic imine (C=N–C) groups is 1. The van der Waals surface area contributed by atoms with Crippen LogP contribution in [0.25, 0.3) is 0 Å². The fourth-order valence-corrected chi connectivity index (χ4v) is 1.09. The SMILES string of the molecule is NC(=O)C1=NC2=CCNN2C=C1. The maximum absolute atomic E-state index is 10.7. The highest BCUT2D eigenvalue weighted by Crippen LogP contribution is 2.13. The van der Waals surface area contributed by atoms with Crippen molar-refractivity contribution in [1.82, 2.24) is 10.4 Å². The molecule has 0 saturated carbocycles. The molecular weight excluding hydrogens is 156 g/mol. The third-order valence-corrected chi connectivity index (χ3v) is 1.66. The maximum Gasteiger partial charge on any atom is 0.267 e.